The van der Waals surface area contributed by atoms with Crippen molar-refractivity contribution in [1.29, 1.82) is 0 Å². The second-order valence-corrected chi connectivity index (χ2v) is 7.01. The van der Waals surface area contributed by atoms with Gasteiger partial charge in [0.25, 0.3) is 5.89 Å². The highest BCUT2D eigenvalue weighted by molar-refractivity contribution is 9.10. The number of carbonyl (C=O) groups is 1. The van der Waals surface area contributed by atoms with E-state index in [0.717, 1.165) is 12.3 Å². The van der Waals surface area contributed by atoms with Gasteiger partial charge in [0, 0.05) is 18.0 Å². The van der Waals surface area contributed by atoms with Crippen molar-refractivity contribution < 1.29 is 27.2 Å². The van der Waals surface area contributed by atoms with E-state index in [0.29, 0.717) is 11.1 Å². The molecule has 4 aromatic rings. The van der Waals surface area contributed by atoms with Gasteiger partial charge in [-0.3, -0.25) is 0 Å². The first-order valence-corrected chi connectivity index (χ1v) is 9.42. The van der Waals surface area contributed by atoms with Crippen molar-refractivity contribution in [1.82, 2.24) is 19.5 Å². The van der Waals surface area contributed by atoms with Crippen molar-refractivity contribution in [3.05, 3.63) is 58.3 Å². The fourth-order valence-corrected chi connectivity index (χ4v) is 3.27. The van der Waals surface area contributed by atoms with Crippen LogP contribution in [0, 0.1) is 0 Å². The third-order valence-electron chi connectivity index (χ3n) is 4.13. The highest BCUT2D eigenvalue weighted by Gasteiger charge is 2.32. The van der Waals surface area contributed by atoms with E-state index in [-0.39, 0.29) is 34.1 Å². The van der Waals surface area contributed by atoms with E-state index in [1.54, 1.807) is 31.2 Å². The van der Waals surface area contributed by atoms with Crippen LogP contribution in [0.1, 0.15) is 22.8 Å². The van der Waals surface area contributed by atoms with Crippen LogP contribution in [0.4, 0.5) is 13.2 Å². The zero-order valence-corrected chi connectivity index (χ0v) is 16.9. The molecule has 1 aromatic carbocycles. The number of alkyl halides is 3. The predicted octanol–water partition coefficient (Wildman–Crippen LogP) is 5.01. The van der Waals surface area contributed by atoms with Crippen LogP contribution in [0.5, 0.6) is 0 Å². The molecule has 154 valence electrons. The van der Waals surface area contributed by atoms with E-state index in [9.17, 15) is 18.0 Å². The second-order valence-electron chi connectivity index (χ2n) is 6.15. The molecule has 0 aliphatic carbocycles. The van der Waals surface area contributed by atoms with Crippen LogP contribution in [0.2, 0.25) is 0 Å². The number of hydrogen-bond acceptors (Lipinski definition) is 6. The molecule has 0 saturated carbocycles. The van der Waals surface area contributed by atoms with E-state index < -0.39 is 17.7 Å². The number of nitrogens with zero attached hydrogens (tertiary/aromatic N) is 4. The van der Waals surface area contributed by atoms with Gasteiger partial charge in [0.1, 0.15) is 5.69 Å². The van der Waals surface area contributed by atoms with E-state index in [1.165, 1.54) is 10.6 Å². The number of benzene rings is 1. The number of rotatable bonds is 4. The first-order valence-electron chi connectivity index (χ1n) is 8.63. The minimum absolute atomic E-state index is 0.0450. The molecule has 4 rings (SSSR count). The lowest BCUT2D eigenvalue weighted by molar-refractivity contribution is -0.137. The number of carbonyl (C=O) groups excluding carboxylic acids is 1. The van der Waals surface area contributed by atoms with Gasteiger partial charge in [-0.05, 0) is 41.1 Å². The molecule has 0 N–H and O–H groups in total. The van der Waals surface area contributed by atoms with Gasteiger partial charge in [-0.25, -0.2) is 9.78 Å². The van der Waals surface area contributed by atoms with Crippen LogP contribution in [0.25, 0.3) is 28.6 Å². The third kappa shape index (κ3) is 3.80. The molecule has 0 fully saturated rings. The van der Waals surface area contributed by atoms with Gasteiger partial charge in [-0.1, -0.05) is 17.3 Å². The second kappa shape index (κ2) is 7.56. The maximum Gasteiger partial charge on any atom is 0.417 e. The molecular weight excluding hydrogens is 469 g/mol. The smallest absolute Gasteiger partial charge is 0.417 e. The Kier molecular flexibility index (Phi) is 5.06. The predicted molar refractivity (Wildman–Crippen MR) is 103 cm³/mol. The molecule has 30 heavy (non-hydrogen) atoms. The SMILES string of the molecule is CCOC(=O)c1ccc(-c2noc(-c3cn4cc(C(F)(F)F)cc(Br)c4n3)n2)cc1. The maximum absolute atomic E-state index is 13.0. The molecule has 0 spiro atoms. The first kappa shape index (κ1) is 20.1. The van der Waals surface area contributed by atoms with E-state index in [4.69, 9.17) is 9.26 Å². The number of pyridine rings is 1. The molecule has 0 bridgehead atoms. The molecule has 3 heterocycles. The van der Waals surface area contributed by atoms with Crippen LogP contribution in [0.15, 0.2) is 51.7 Å². The number of fused-ring (bicyclic) bond motifs is 1. The van der Waals surface area contributed by atoms with Gasteiger partial charge < -0.3 is 13.7 Å². The number of ether oxygens (including phenoxy) is 1. The number of halogens is 4. The number of esters is 1. The Morgan fingerprint density at radius 2 is 1.93 bits per heavy atom. The van der Waals surface area contributed by atoms with Crippen molar-refractivity contribution >= 4 is 27.5 Å². The van der Waals surface area contributed by atoms with Gasteiger partial charge in [0.15, 0.2) is 5.65 Å². The monoisotopic (exact) mass is 480 g/mol. The molecule has 0 atom stereocenters. The van der Waals surface area contributed by atoms with Gasteiger partial charge in [-0.15, -0.1) is 0 Å². The van der Waals surface area contributed by atoms with Crippen LogP contribution in [-0.4, -0.2) is 32.1 Å². The molecule has 0 radical (unpaired) electrons. The Bertz CT molecular complexity index is 1230. The summed E-state index contributed by atoms with van der Waals surface area (Å²) in [6, 6.07) is 7.37. The summed E-state index contributed by atoms with van der Waals surface area (Å²) in [6.07, 6.45) is -2.19. The van der Waals surface area contributed by atoms with Crippen LogP contribution in [0.3, 0.4) is 0 Å². The molecule has 11 heteroatoms. The Hall–Kier alpha value is -3.21. The van der Waals surface area contributed by atoms with Crippen LogP contribution in [-0.2, 0) is 10.9 Å². The summed E-state index contributed by atoms with van der Waals surface area (Å²) in [5, 5.41) is 3.88. The molecule has 0 saturated heterocycles. The highest BCUT2D eigenvalue weighted by atomic mass is 79.9. The van der Waals surface area contributed by atoms with Crippen molar-refractivity contribution in [2.45, 2.75) is 13.1 Å². The summed E-state index contributed by atoms with van der Waals surface area (Å²) in [5.41, 5.74) is 0.643. The summed E-state index contributed by atoms with van der Waals surface area (Å²) in [6.45, 7) is 1.99. The Labute approximate surface area is 175 Å². The van der Waals surface area contributed by atoms with Crippen LogP contribution < -0.4 is 0 Å². The lowest BCUT2D eigenvalue weighted by Gasteiger charge is -2.07. The lowest BCUT2D eigenvalue weighted by Crippen LogP contribution is -2.06. The van der Waals surface area contributed by atoms with Gasteiger partial charge in [0.2, 0.25) is 5.82 Å². The topological polar surface area (TPSA) is 82.5 Å². The van der Waals surface area contributed by atoms with Crippen molar-refractivity contribution in [2.24, 2.45) is 0 Å². The van der Waals surface area contributed by atoms with Crippen molar-refractivity contribution in [2.75, 3.05) is 6.61 Å². The largest absolute Gasteiger partial charge is 0.462 e. The van der Waals surface area contributed by atoms with Crippen LogP contribution >= 0.6 is 15.9 Å². The average molecular weight is 481 g/mol. The van der Waals surface area contributed by atoms with Crippen molar-refractivity contribution in [3.63, 3.8) is 0 Å². The summed E-state index contributed by atoms with van der Waals surface area (Å²) in [4.78, 5) is 20.2. The molecule has 0 aliphatic rings. The fourth-order valence-electron chi connectivity index (χ4n) is 2.73. The Morgan fingerprint density at radius 1 is 1.20 bits per heavy atom. The van der Waals surface area contributed by atoms with Gasteiger partial charge in [0.05, 0.1) is 22.2 Å². The zero-order chi connectivity index (χ0) is 21.5. The normalized spacial score (nSPS) is 11.8. The highest BCUT2D eigenvalue weighted by Crippen LogP contribution is 2.33. The Balaban J connectivity index is 1.65. The lowest BCUT2D eigenvalue weighted by atomic mass is 10.1. The van der Waals surface area contributed by atoms with Gasteiger partial charge >= 0.3 is 12.1 Å². The first-order chi connectivity index (χ1) is 14.3. The average Bonchev–Trinajstić information content (AvgIpc) is 3.35. The zero-order valence-electron chi connectivity index (χ0n) is 15.3. The minimum atomic E-state index is -4.49. The molecule has 0 unspecified atom stereocenters. The quantitative estimate of drug-likeness (QED) is 0.382. The summed E-state index contributed by atoms with van der Waals surface area (Å²) >= 11 is 3.11. The summed E-state index contributed by atoms with van der Waals surface area (Å²) < 4.78 is 50.6. The standard InChI is InChI=1S/C19H12BrF3N4O3/c1-2-29-18(28)11-5-3-10(4-6-11)15-25-17(30-26-15)14-9-27-8-12(19(21,22)23)7-13(20)16(27)24-14/h3-9H,2H2,1H3. The molecular formula is C19H12BrF3N4O3. The summed E-state index contributed by atoms with van der Waals surface area (Å²) in [5.74, 6) is -0.150. The van der Waals surface area contributed by atoms with Gasteiger partial charge in [-0.2, -0.15) is 18.2 Å². The summed E-state index contributed by atoms with van der Waals surface area (Å²) in [7, 11) is 0. The van der Waals surface area contributed by atoms with E-state index in [2.05, 4.69) is 31.1 Å². The third-order valence-corrected chi connectivity index (χ3v) is 4.72. The molecule has 0 aliphatic heterocycles. The molecule has 7 nitrogen and oxygen atoms in total. The molecule has 3 aromatic heterocycles. The van der Waals surface area contributed by atoms with Crippen molar-refractivity contribution in [3.8, 4) is 23.0 Å². The number of hydrogen-bond donors (Lipinski definition) is 0. The number of imidazole rings is 1. The number of aromatic nitrogens is 4. The van der Waals surface area contributed by atoms with E-state index in [1.807, 2.05) is 0 Å². The van der Waals surface area contributed by atoms with E-state index >= 15 is 0 Å². The molecule has 0 amide bonds. The maximum atomic E-state index is 13.0. The fraction of sp³-hybridized carbons (Fsp3) is 0.158. The minimum Gasteiger partial charge on any atom is -0.462 e. The Morgan fingerprint density at radius 3 is 2.60 bits per heavy atom.